The molecule has 2 aliphatic rings. The second-order valence-corrected chi connectivity index (χ2v) is 9.33. The summed E-state index contributed by atoms with van der Waals surface area (Å²) in [7, 11) is 1.97. The molecule has 180 valence electrons. The van der Waals surface area contributed by atoms with Gasteiger partial charge in [0.15, 0.2) is 11.5 Å². The lowest BCUT2D eigenvalue weighted by molar-refractivity contribution is 0.174. The number of rotatable bonds is 5. The molecule has 8 nitrogen and oxygen atoms in total. The number of piperidine rings is 1. The second kappa shape index (κ2) is 8.81. The predicted octanol–water partition coefficient (Wildman–Crippen LogP) is 3.43. The molecule has 0 amide bonds. The average molecular weight is 476 g/mol. The zero-order valence-electron chi connectivity index (χ0n) is 19.5. The molecule has 0 N–H and O–H groups in total. The highest BCUT2D eigenvalue weighted by atomic mass is 19.1. The smallest absolute Gasteiger partial charge is 0.255 e. The molecule has 0 radical (unpaired) electrons. The van der Waals surface area contributed by atoms with Crippen LogP contribution in [0.25, 0.3) is 10.9 Å². The van der Waals surface area contributed by atoms with Crippen LogP contribution >= 0.6 is 0 Å². The summed E-state index contributed by atoms with van der Waals surface area (Å²) in [5.41, 5.74) is 2.08. The van der Waals surface area contributed by atoms with Crippen LogP contribution in [0.2, 0.25) is 0 Å². The van der Waals surface area contributed by atoms with Crippen molar-refractivity contribution in [3.63, 3.8) is 0 Å². The van der Waals surface area contributed by atoms with Gasteiger partial charge in [0.1, 0.15) is 18.0 Å². The van der Waals surface area contributed by atoms with Crippen LogP contribution in [-0.4, -0.2) is 44.1 Å². The Morgan fingerprint density at radius 3 is 2.77 bits per heavy atom. The molecule has 2 aromatic heterocycles. The first-order chi connectivity index (χ1) is 17.0. The lowest BCUT2D eigenvalue weighted by Crippen LogP contribution is -2.37. The number of likely N-dealkylation sites (tertiary alicyclic amines) is 1. The van der Waals surface area contributed by atoms with E-state index in [0.717, 1.165) is 48.2 Å². The van der Waals surface area contributed by atoms with Gasteiger partial charge in [0.25, 0.3) is 5.56 Å². The quantitative estimate of drug-likeness (QED) is 0.440. The molecule has 4 aromatic rings. The van der Waals surface area contributed by atoms with Gasteiger partial charge in [0.05, 0.1) is 12.1 Å². The number of aromatic nitrogens is 4. The van der Waals surface area contributed by atoms with Gasteiger partial charge in [0, 0.05) is 43.1 Å². The van der Waals surface area contributed by atoms with Crippen LogP contribution in [0.5, 0.6) is 11.5 Å². The molecule has 1 atom stereocenters. The van der Waals surface area contributed by atoms with Crippen molar-refractivity contribution in [2.24, 2.45) is 7.05 Å². The van der Waals surface area contributed by atoms with E-state index in [1.807, 2.05) is 35.9 Å². The summed E-state index contributed by atoms with van der Waals surface area (Å²) in [6.07, 6.45) is 3.81. The van der Waals surface area contributed by atoms with Gasteiger partial charge in [-0.2, -0.15) is 0 Å². The monoisotopic (exact) mass is 475 g/mol. The van der Waals surface area contributed by atoms with Crippen molar-refractivity contribution in [2.45, 2.75) is 31.8 Å². The minimum absolute atomic E-state index is 0.0820. The Labute approximate surface area is 201 Å². The zero-order valence-corrected chi connectivity index (χ0v) is 19.5. The highest BCUT2D eigenvalue weighted by Gasteiger charge is 2.26. The van der Waals surface area contributed by atoms with Gasteiger partial charge < -0.3 is 18.6 Å². The van der Waals surface area contributed by atoms with E-state index >= 15 is 0 Å². The summed E-state index contributed by atoms with van der Waals surface area (Å²) in [6, 6.07) is 12.1. The van der Waals surface area contributed by atoms with Gasteiger partial charge in [-0.3, -0.25) is 9.69 Å². The van der Waals surface area contributed by atoms with Gasteiger partial charge in [-0.1, -0.05) is 12.1 Å². The number of hydrogen-bond donors (Lipinski definition) is 0. The molecule has 35 heavy (non-hydrogen) atoms. The normalized spacial score (nSPS) is 17.8. The van der Waals surface area contributed by atoms with Crippen molar-refractivity contribution in [2.75, 3.05) is 19.9 Å². The van der Waals surface area contributed by atoms with Gasteiger partial charge >= 0.3 is 0 Å². The van der Waals surface area contributed by atoms with E-state index < -0.39 is 0 Å². The SMILES string of the molecule is Cn1cnnc1C1CCCN(Cc2cc3cc4c(cc3n(Cc3cccc(F)c3)c2=O)OCO4)C1. The number of benzene rings is 2. The van der Waals surface area contributed by atoms with Crippen molar-refractivity contribution in [1.29, 1.82) is 0 Å². The predicted molar refractivity (Wildman–Crippen MR) is 128 cm³/mol. The van der Waals surface area contributed by atoms with Crippen molar-refractivity contribution in [3.8, 4) is 11.5 Å². The maximum atomic E-state index is 13.9. The van der Waals surface area contributed by atoms with Crippen molar-refractivity contribution in [1.82, 2.24) is 24.2 Å². The number of hydrogen-bond acceptors (Lipinski definition) is 6. The maximum absolute atomic E-state index is 13.9. The average Bonchev–Trinajstić information content (AvgIpc) is 3.49. The van der Waals surface area contributed by atoms with Crippen LogP contribution in [0, 0.1) is 5.82 Å². The van der Waals surface area contributed by atoms with Gasteiger partial charge in [-0.25, -0.2) is 4.39 Å². The van der Waals surface area contributed by atoms with Crippen molar-refractivity contribution < 1.29 is 13.9 Å². The number of fused-ring (bicyclic) bond motifs is 2. The third-order valence-corrected chi connectivity index (χ3v) is 6.90. The number of halogens is 1. The number of nitrogens with zero attached hydrogens (tertiary/aromatic N) is 5. The van der Waals surface area contributed by atoms with Crippen molar-refractivity contribution in [3.05, 3.63) is 81.9 Å². The molecule has 0 aliphatic carbocycles. The minimum atomic E-state index is -0.322. The first kappa shape index (κ1) is 21.8. The highest BCUT2D eigenvalue weighted by molar-refractivity contribution is 5.84. The fourth-order valence-corrected chi connectivity index (χ4v) is 5.23. The molecule has 9 heteroatoms. The Bertz CT molecular complexity index is 1460. The molecular formula is C26H26FN5O3. The molecule has 6 rings (SSSR count). The van der Waals surface area contributed by atoms with E-state index in [2.05, 4.69) is 15.1 Å². The van der Waals surface area contributed by atoms with Gasteiger partial charge in [-0.05, 0) is 49.2 Å². The van der Waals surface area contributed by atoms with Crippen LogP contribution < -0.4 is 15.0 Å². The molecule has 1 fully saturated rings. The fraction of sp³-hybridized carbons (Fsp3) is 0.346. The number of ether oxygens (including phenoxy) is 2. The van der Waals surface area contributed by atoms with Gasteiger partial charge in [-0.15, -0.1) is 10.2 Å². The first-order valence-corrected chi connectivity index (χ1v) is 11.8. The lowest BCUT2D eigenvalue weighted by Gasteiger charge is -2.32. The largest absolute Gasteiger partial charge is 0.454 e. The van der Waals surface area contributed by atoms with Crippen LogP contribution in [0.3, 0.4) is 0 Å². The van der Waals surface area contributed by atoms with E-state index in [-0.39, 0.29) is 30.6 Å². The summed E-state index contributed by atoms with van der Waals surface area (Å²) >= 11 is 0. The van der Waals surface area contributed by atoms with E-state index in [0.29, 0.717) is 23.6 Å². The van der Waals surface area contributed by atoms with E-state index in [1.165, 1.54) is 12.1 Å². The molecule has 1 saturated heterocycles. The third-order valence-electron chi connectivity index (χ3n) is 6.90. The Morgan fingerprint density at radius 1 is 1.11 bits per heavy atom. The Hall–Kier alpha value is -3.72. The molecule has 0 spiro atoms. The molecule has 2 aromatic carbocycles. The zero-order chi connectivity index (χ0) is 23.9. The molecule has 4 heterocycles. The Balaban J connectivity index is 1.38. The van der Waals surface area contributed by atoms with E-state index in [9.17, 15) is 9.18 Å². The molecule has 0 saturated carbocycles. The van der Waals surface area contributed by atoms with Crippen molar-refractivity contribution >= 4 is 10.9 Å². The molecule has 1 unspecified atom stereocenters. The summed E-state index contributed by atoms with van der Waals surface area (Å²) in [5.74, 6) is 2.21. The van der Waals surface area contributed by atoms with E-state index in [1.54, 1.807) is 17.0 Å². The first-order valence-electron chi connectivity index (χ1n) is 11.8. The third kappa shape index (κ3) is 4.16. The lowest BCUT2D eigenvalue weighted by atomic mass is 9.96. The molecular weight excluding hydrogens is 449 g/mol. The van der Waals surface area contributed by atoms with Crippen LogP contribution in [0.15, 0.2) is 53.6 Å². The standard InChI is InChI=1S/C26H26FN5O3/c1-30-15-28-29-25(30)18-5-3-7-31(13-18)14-20-9-19-10-23-24(35-16-34-23)11-22(19)32(26(20)33)12-17-4-2-6-21(27)8-17/h2,4,6,8-11,15,18H,3,5,7,12-14,16H2,1H3. The number of pyridine rings is 1. The molecule has 2 aliphatic heterocycles. The van der Waals surface area contributed by atoms with E-state index in [4.69, 9.17) is 9.47 Å². The van der Waals surface area contributed by atoms with Gasteiger partial charge in [0.2, 0.25) is 6.79 Å². The number of aryl methyl sites for hydroxylation is 1. The summed E-state index contributed by atoms with van der Waals surface area (Å²) in [5, 5.41) is 9.23. The topological polar surface area (TPSA) is 74.4 Å². The Morgan fingerprint density at radius 2 is 1.97 bits per heavy atom. The second-order valence-electron chi connectivity index (χ2n) is 9.33. The minimum Gasteiger partial charge on any atom is -0.454 e. The highest BCUT2D eigenvalue weighted by Crippen LogP contribution is 2.36. The summed E-state index contributed by atoms with van der Waals surface area (Å²) < 4.78 is 28.7. The Kier molecular flexibility index (Phi) is 5.49. The van der Waals surface area contributed by atoms with Crippen LogP contribution in [-0.2, 0) is 20.1 Å². The fourth-order valence-electron chi connectivity index (χ4n) is 5.23. The summed E-state index contributed by atoms with van der Waals surface area (Å²) in [4.78, 5) is 16.1. The van der Waals surface area contributed by atoms with Crippen LogP contribution in [0.4, 0.5) is 4.39 Å². The summed E-state index contributed by atoms with van der Waals surface area (Å²) in [6.45, 7) is 2.68. The van der Waals surface area contributed by atoms with Crippen LogP contribution in [0.1, 0.15) is 35.7 Å². The maximum Gasteiger partial charge on any atom is 0.255 e. The molecule has 0 bridgehead atoms.